The van der Waals surface area contributed by atoms with Crippen LogP contribution in [0, 0.1) is 0 Å². The number of nitrogens with one attached hydrogen (secondary N) is 1. The van der Waals surface area contributed by atoms with Gasteiger partial charge in [-0.2, -0.15) is 4.98 Å². The lowest BCUT2D eigenvalue weighted by Gasteiger charge is -2.13. The van der Waals surface area contributed by atoms with Crippen LogP contribution in [0.4, 0.5) is 0 Å². The molecule has 0 aliphatic heterocycles. The Kier molecular flexibility index (Phi) is 6.18. The molecule has 2 aromatic rings. The maximum absolute atomic E-state index is 9.86. The highest BCUT2D eigenvalue weighted by molar-refractivity contribution is 5.28. The molecule has 0 aliphatic carbocycles. The van der Waals surface area contributed by atoms with Crippen molar-refractivity contribution in [3.8, 4) is 5.75 Å². The molecule has 1 unspecified atom stereocenters. The summed E-state index contributed by atoms with van der Waals surface area (Å²) in [5.41, 5.74) is 1.22. The second-order valence-corrected chi connectivity index (χ2v) is 4.75. The molecule has 0 aliphatic rings. The zero-order valence-electron chi connectivity index (χ0n) is 12.2. The number of hydrogen-bond donors (Lipinski definition) is 2. The molecule has 2 rings (SSSR count). The zero-order valence-corrected chi connectivity index (χ0v) is 12.2. The van der Waals surface area contributed by atoms with Gasteiger partial charge in [0.1, 0.15) is 18.5 Å². The summed E-state index contributed by atoms with van der Waals surface area (Å²) >= 11 is 0. The van der Waals surface area contributed by atoms with Crippen LogP contribution in [-0.2, 0) is 12.8 Å². The number of aliphatic hydroxyl groups is 1. The minimum absolute atomic E-state index is 0.265. The lowest BCUT2D eigenvalue weighted by atomic mass is 10.2. The first kappa shape index (κ1) is 15.5. The van der Waals surface area contributed by atoms with Gasteiger partial charge in [0.25, 0.3) is 0 Å². The minimum Gasteiger partial charge on any atom is -0.491 e. The van der Waals surface area contributed by atoms with E-state index in [0.29, 0.717) is 25.4 Å². The molecule has 0 saturated heterocycles. The molecule has 0 radical (unpaired) electrons. The largest absolute Gasteiger partial charge is 0.491 e. The van der Waals surface area contributed by atoms with Crippen LogP contribution in [0.25, 0.3) is 0 Å². The summed E-state index contributed by atoms with van der Waals surface area (Å²) < 4.78 is 10.5. The maximum atomic E-state index is 9.86. The highest BCUT2D eigenvalue weighted by Gasteiger charge is 2.06. The first-order valence-electron chi connectivity index (χ1n) is 7.14. The van der Waals surface area contributed by atoms with Crippen molar-refractivity contribution in [2.24, 2.45) is 0 Å². The van der Waals surface area contributed by atoms with Crippen LogP contribution in [0.5, 0.6) is 5.75 Å². The van der Waals surface area contributed by atoms with Crippen LogP contribution in [-0.4, -0.2) is 41.0 Å². The van der Waals surface area contributed by atoms with Gasteiger partial charge in [0.05, 0.1) is 0 Å². The molecule has 1 heterocycles. The summed E-state index contributed by atoms with van der Waals surface area (Å²) in [4.78, 5) is 3.92. The van der Waals surface area contributed by atoms with Gasteiger partial charge < -0.3 is 19.7 Å². The summed E-state index contributed by atoms with van der Waals surface area (Å²) in [6, 6.07) is 7.91. The number of aliphatic hydroxyl groups excluding tert-OH is 1. The predicted molar refractivity (Wildman–Crippen MR) is 78.2 cm³/mol. The fourth-order valence-electron chi connectivity index (χ4n) is 1.88. The Labute approximate surface area is 124 Å². The molecule has 1 aromatic heterocycles. The number of aromatic nitrogens is 2. The Morgan fingerprint density at radius 1 is 1.43 bits per heavy atom. The third kappa shape index (κ3) is 5.53. The average Bonchev–Trinajstić information content (AvgIpc) is 3.03. The average molecular weight is 291 g/mol. The predicted octanol–water partition coefficient (Wildman–Crippen LogP) is 1.20. The number of hydrogen-bond acceptors (Lipinski definition) is 6. The first-order chi connectivity index (χ1) is 10.3. The van der Waals surface area contributed by atoms with Crippen molar-refractivity contribution in [2.75, 3.05) is 19.7 Å². The molecule has 0 spiro atoms. The summed E-state index contributed by atoms with van der Waals surface area (Å²) in [5, 5.41) is 16.5. The van der Waals surface area contributed by atoms with Crippen LogP contribution in [0.2, 0.25) is 0 Å². The molecule has 114 valence electrons. The summed E-state index contributed by atoms with van der Waals surface area (Å²) in [6.07, 6.45) is 2.43. The molecule has 1 aromatic carbocycles. The molecule has 0 fully saturated rings. The minimum atomic E-state index is -0.557. The molecular formula is C15H21N3O3. The monoisotopic (exact) mass is 291 g/mol. The van der Waals surface area contributed by atoms with E-state index >= 15 is 0 Å². The molecule has 0 saturated carbocycles. The van der Waals surface area contributed by atoms with Crippen LogP contribution in [0.1, 0.15) is 18.4 Å². The van der Waals surface area contributed by atoms with E-state index in [9.17, 15) is 5.11 Å². The van der Waals surface area contributed by atoms with Crippen molar-refractivity contribution in [3.05, 3.63) is 42.0 Å². The summed E-state index contributed by atoms with van der Waals surface area (Å²) in [5.74, 6) is 1.38. The molecule has 6 heteroatoms. The number of aryl methyl sites for hydroxylation is 1. The fraction of sp³-hybridized carbons (Fsp3) is 0.467. The first-order valence-corrected chi connectivity index (χ1v) is 7.14. The smallest absolute Gasteiger partial charge is 0.227 e. The van der Waals surface area contributed by atoms with E-state index in [1.807, 2.05) is 18.2 Å². The van der Waals surface area contributed by atoms with E-state index in [0.717, 1.165) is 12.2 Å². The number of rotatable bonds is 9. The van der Waals surface area contributed by atoms with Gasteiger partial charge in [-0.1, -0.05) is 24.2 Å². The van der Waals surface area contributed by atoms with Gasteiger partial charge in [-0.3, -0.25) is 0 Å². The van der Waals surface area contributed by atoms with Gasteiger partial charge in [-0.15, -0.1) is 0 Å². The fourth-order valence-corrected chi connectivity index (χ4v) is 1.88. The Morgan fingerprint density at radius 2 is 2.33 bits per heavy atom. The van der Waals surface area contributed by atoms with E-state index in [4.69, 9.17) is 9.26 Å². The normalized spacial score (nSPS) is 12.3. The van der Waals surface area contributed by atoms with E-state index in [1.165, 1.54) is 11.9 Å². The van der Waals surface area contributed by atoms with Crippen molar-refractivity contribution in [2.45, 2.75) is 25.9 Å². The van der Waals surface area contributed by atoms with Crippen molar-refractivity contribution >= 4 is 0 Å². The third-order valence-electron chi connectivity index (χ3n) is 3.05. The molecular weight excluding hydrogens is 270 g/mol. The zero-order chi connectivity index (χ0) is 14.9. The third-order valence-corrected chi connectivity index (χ3v) is 3.05. The van der Waals surface area contributed by atoms with E-state index in [-0.39, 0.29) is 6.61 Å². The maximum Gasteiger partial charge on any atom is 0.227 e. The standard InChI is InChI=1S/C15H21N3O3/c1-2-12-4-3-5-14(8-12)20-10-13(19)9-16-7-6-15-17-11-18-21-15/h3-5,8,11,13,16,19H,2,6-7,9-10H2,1H3. The quantitative estimate of drug-likeness (QED) is 0.676. The highest BCUT2D eigenvalue weighted by atomic mass is 16.5. The van der Waals surface area contributed by atoms with Gasteiger partial charge in [-0.05, 0) is 24.1 Å². The molecule has 2 N–H and O–H groups in total. The Balaban J connectivity index is 1.61. The van der Waals surface area contributed by atoms with Crippen molar-refractivity contribution in [3.63, 3.8) is 0 Å². The molecule has 0 bridgehead atoms. The lowest BCUT2D eigenvalue weighted by Crippen LogP contribution is -2.32. The molecule has 1 atom stereocenters. The van der Waals surface area contributed by atoms with E-state index < -0.39 is 6.10 Å². The van der Waals surface area contributed by atoms with Gasteiger partial charge in [0.2, 0.25) is 5.89 Å². The Morgan fingerprint density at radius 3 is 3.10 bits per heavy atom. The van der Waals surface area contributed by atoms with Crippen molar-refractivity contribution in [1.29, 1.82) is 0 Å². The van der Waals surface area contributed by atoms with Crippen LogP contribution in [0.15, 0.2) is 35.1 Å². The van der Waals surface area contributed by atoms with Crippen LogP contribution >= 0.6 is 0 Å². The van der Waals surface area contributed by atoms with Gasteiger partial charge in [0, 0.05) is 19.5 Å². The van der Waals surface area contributed by atoms with E-state index in [1.54, 1.807) is 0 Å². The SMILES string of the molecule is CCc1cccc(OCC(O)CNCCc2ncno2)c1. The molecule has 0 amide bonds. The topological polar surface area (TPSA) is 80.4 Å². The Bertz CT molecular complexity index is 517. The van der Waals surface area contributed by atoms with Crippen molar-refractivity contribution < 1.29 is 14.4 Å². The van der Waals surface area contributed by atoms with Gasteiger partial charge in [0.15, 0.2) is 6.33 Å². The van der Waals surface area contributed by atoms with Crippen LogP contribution < -0.4 is 10.1 Å². The van der Waals surface area contributed by atoms with Gasteiger partial charge >= 0.3 is 0 Å². The van der Waals surface area contributed by atoms with Crippen molar-refractivity contribution in [1.82, 2.24) is 15.5 Å². The summed E-state index contributed by atoms with van der Waals surface area (Å²) in [7, 11) is 0. The second-order valence-electron chi connectivity index (χ2n) is 4.75. The Hall–Kier alpha value is -1.92. The van der Waals surface area contributed by atoms with E-state index in [2.05, 4.69) is 28.4 Å². The second kappa shape index (κ2) is 8.39. The van der Waals surface area contributed by atoms with Crippen LogP contribution in [0.3, 0.4) is 0 Å². The number of ether oxygens (including phenoxy) is 1. The lowest BCUT2D eigenvalue weighted by molar-refractivity contribution is 0.106. The summed E-state index contributed by atoms with van der Waals surface area (Å²) in [6.45, 7) is 3.49. The number of benzene rings is 1. The highest BCUT2D eigenvalue weighted by Crippen LogP contribution is 2.13. The molecule has 21 heavy (non-hydrogen) atoms. The molecule has 6 nitrogen and oxygen atoms in total. The van der Waals surface area contributed by atoms with Gasteiger partial charge in [-0.25, -0.2) is 0 Å². The number of nitrogens with zero attached hydrogens (tertiary/aromatic N) is 2.